The fourth-order valence-corrected chi connectivity index (χ4v) is 2.30. The third kappa shape index (κ3) is 5.23. The van der Waals surface area contributed by atoms with Crippen molar-refractivity contribution in [2.75, 3.05) is 26.1 Å². The number of hydrogen-bond acceptors (Lipinski definition) is 6. The molecule has 0 saturated carbocycles. The Morgan fingerprint density at radius 1 is 1.21 bits per heavy atom. The summed E-state index contributed by atoms with van der Waals surface area (Å²) in [6, 6.07) is 12.1. The first-order valence-corrected chi connectivity index (χ1v) is 8.50. The molecule has 0 fully saturated rings. The zero-order valence-electron chi connectivity index (χ0n) is 16.2. The highest BCUT2D eigenvalue weighted by molar-refractivity contribution is 5.96. The summed E-state index contributed by atoms with van der Waals surface area (Å²) in [4.78, 5) is 25.3. The topological polar surface area (TPSA) is 100 Å². The number of hydrazone groups is 1. The Balaban J connectivity index is 2.18. The van der Waals surface area contributed by atoms with Crippen LogP contribution in [-0.4, -0.2) is 50.5 Å². The molecule has 0 heterocycles. The Kier molecular flexibility index (Phi) is 6.97. The van der Waals surface area contributed by atoms with Gasteiger partial charge in [0.05, 0.1) is 13.3 Å². The van der Waals surface area contributed by atoms with E-state index in [9.17, 15) is 9.59 Å². The zero-order chi connectivity index (χ0) is 20.7. The van der Waals surface area contributed by atoms with Gasteiger partial charge in [-0.1, -0.05) is 12.1 Å². The Hall–Kier alpha value is -3.55. The number of benzene rings is 2. The van der Waals surface area contributed by atoms with Crippen molar-refractivity contribution >= 4 is 23.8 Å². The van der Waals surface area contributed by atoms with Gasteiger partial charge < -0.3 is 19.5 Å². The summed E-state index contributed by atoms with van der Waals surface area (Å²) in [7, 11) is 5.23. The number of anilines is 1. The third-order valence-electron chi connectivity index (χ3n) is 3.87. The molecule has 2 rings (SSSR count). The van der Waals surface area contributed by atoms with Gasteiger partial charge in [0.15, 0.2) is 17.6 Å². The number of nitrogens with zero attached hydrogens (tertiary/aromatic N) is 2. The number of aliphatic carboxylic acids is 1. The third-order valence-corrected chi connectivity index (χ3v) is 3.87. The second-order valence-electron chi connectivity index (χ2n) is 6.12. The number of nitrogens with one attached hydrogen (secondary N) is 1. The number of para-hydroxylation sites is 1. The van der Waals surface area contributed by atoms with Gasteiger partial charge >= 0.3 is 5.97 Å². The molecule has 0 aromatic heterocycles. The fraction of sp³-hybridized carbons (Fsp3) is 0.250. The second kappa shape index (κ2) is 9.40. The minimum absolute atomic E-state index is 0.229. The molecule has 0 bridgehead atoms. The lowest BCUT2D eigenvalue weighted by Crippen LogP contribution is -2.24. The molecule has 1 atom stereocenters. The quantitative estimate of drug-likeness (QED) is 0.535. The van der Waals surface area contributed by atoms with Gasteiger partial charge in [-0.15, -0.1) is 0 Å². The summed E-state index contributed by atoms with van der Waals surface area (Å²) >= 11 is 0. The maximum Gasteiger partial charge on any atom is 0.344 e. The van der Waals surface area contributed by atoms with Crippen molar-refractivity contribution < 1.29 is 24.2 Å². The Bertz CT molecular complexity index is 880. The highest BCUT2D eigenvalue weighted by Gasteiger charge is 2.18. The van der Waals surface area contributed by atoms with Crippen LogP contribution >= 0.6 is 0 Å². The molecule has 0 unspecified atom stereocenters. The number of hydrogen-bond donors (Lipinski definition) is 2. The monoisotopic (exact) mass is 385 g/mol. The standard InChI is InChI=1S/C20H23N3O5/c1-13(20(25)26)28-18-15(8-6-10-17(18)27-4)12-21-22-19(24)14-7-5-9-16(11-14)23(2)3/h5-13H,1-4H3,(H,22,24)(H,25,26)/b21-12-/t13-/m0/s1. The zero-order valence-corrected chi connectivity index (χ0v) is 16.2. The molecule has 0 radical (unpaired) electrons. The summed E-state index contributed by atoms with van der Waals surface area (Å²) in [6.07, 6.45) is 0.298. The van der Waals surface area contributed by atoms with Crippen LogP contribution < -0.4 is 19.8 Å². The molecule has 2 N–H and O–H groups in total. The number of carbonyl (C=O) groups is 2. The van der Waals surface area contributed by atoms with Gasteiger partial charge in [0, 0.05) is 30.9 Å². The molecule has 2 aromatic rings. The minimum Gasteiger partial charge on any atom is -0.493 e. The van der Waals surface area contributed by atoms with E-state index in [0.717, 1.165) is 5.69 Å². The maximum absolute atomic E-state index is 12.3. The van der Waals surface area contributed by atoms with Crippen LogP contribution in [0.2, 0.25) is 0 Å². The first-order valence-electron chi connectivity index (χ1n) is 8.50. The van der Waals surface area contributed by atoms with Gasteiger partial charge in [-0.3, -0.25) is 4.79 Å². The van der Waals surface area contributed by atoms with E-state index in [1.807, 2.05) is 25.1 Å². The number of carboxylic acid groups (broad SMARTS) is 1. The van der Waals surface area contributed by atoms with Crippen molar-refractivity contribution in [2.45, 2.75) is 13.0 Å². The Morgan fingerprint density at radius 2 is 1.93 bits per heavy atom. The number of methoxy groups -OCH3 is 1. The molecule has 0 saturated heterocycles. The number of carboxylic acids is 1. The average molecular weight is 385 g/mol. The van der Waals surface area contributed by atoms with Crippen LogP contribution in [0.25, 0.3) is 0 Å². The molecule has 2 aromatic carbocycles. The normalized spacial score (nSPS) is 11.7. The van der Waals surface area contributed by atoms with Crippen molar-refractivity contribution in [3.63, 3.8) is 0 Å². The molecular formula is C20H23N3O5. The van der Waals surface area contributed by atoms with Gasteiger partial charge in [-0.05, 0) is 37.3 Å². The summed E-state index contributed by atoms with van der Waals surface area (Å²) < 4.78 is 10.7. The molecule has 0 aliphatic carbocycles. The largest absolute Gasteiger partial charge is 0.493 e. The molecule has 1 amide bonds. The predicted molar refractivity (Wildman–Crippen MR) is 107 cm³/mol. The van der Waals surface area contributed by atoms with E-state index in [1.165, 1.54) is 20.2 Å². The van der Waals surface area contributed by atoms with Crippen LogP contribution in [0.3, 0.4) is 0 Å². The second-order valence-corrected chi connectivity index (χ2v) is 6.12. The molecule has 8 heteroatoms. The van der Waals surface area contributed by atoms with E-state index in [4.69, 9.17) is 14.6 Å². The van der Waals surface area contributed by atoms with E-state index in [0.29, 0.717) is 16.9 Å². The highest BCUT2D eigenvalue weighted by atomic mass is 16.5. The fourth-order valence-electron chi connectivity index (χ4n) is 2.30. The lowest BCUT2D eigenvalue weighted by molar-refractivity contribution is -0.144. The van der Waals surface area contributed by atoms with E-state index in [2.05, 4.69) is 10.5 Å². The van der Waals surface area contributed by atoms with Crippen LogP contribution in [-0.2, 0) is 4.79 Å². The molecule has 0 aliphatic rings. The Morgan fingerprint density at radius 3 is 2.57 bits per heavy atom. The molecule has 148 valence electrons. The van der Waals surface area contributed by atoms with Gasteiger partial charge in [0.25, 0.3) is 5.91 Å². The van der Waals surface area contributed by atoms with Crippen molar-refractivity contribution in [3.05, 3.63) is 53.6 Å². The van der Waals surface area contributed by atoms with Crippen LogP contribution in [0.4, 0.5) is 5.69 Å². The molecule has 0 spiro atoms. The summed E-state index contributed by atoms with van der Waals surface area (Å²) in [5, 5.41) is 13.0. The van der Waals surface area contributed by atoms with E-state index >= 15 is 0 Å². The number of amides is 1. The summed E-state index contributed by atoms with van der Waals surface area (Å²) in [6.45, 7) is 1.41. The molecule has 0 aliphatic heterocycles. The molecular weight excluding hydrogens is 362 g/mol. The van der Waals surface area contributed by atoms with Crippen molar-refractivity contribution in [1.82, 2.24) is 5.43 Å². The van der Waals surface area contributed by atoms with Crippen molar-refractivity contribution in [1.29, 1.82) is 0 Å². The van der Waals surface area contributed by atoms with Crippen LogP contribution in [0.1, 0.15) is 22.8 Å². The number of carbonyl (C=O) groups excluding carboxylic acids is 1. The maximum atomic E-state index is 12.3. The lowest BCUT2D eigenvalue weighted by Gasteiger charge is -2.15. The first kappa shape index (κ1) is 20.8. The van der Waals surface area contributed by atoms with Crippen LogP contribution in [0, 0.1) is 0 Å². The average Bonchev–Trinajstić information content (AvgIpc) is 2.68. The Labute approximate surface area is 163 Å². The first-order chi connectivity index (χ1) is 13.3. The van der Waals surface area contributed by atoms with E-state index in [1.54, 1.807) is 36.4 Å². The van der Waals surface area contributed by atoms with Crippen molar-refractivity contribution in [2.24, 2.45) is 5.10 Å². The van der Waals surface area contributed by atoms with Crippen LogP contribution in [0.15, 0.2) is 47.6 Å². The molecule has 28 heavy (non-hydrogen) atoms. The van der Waals surface area contributed by atoms with Gasteiger partial charge in [-0.2, -0.15) is 5.10 Å². The SMILES string of the molecule is COc1cccc(/C=N\NC(=O)c2cccc(N(C)C)c2)c1O[C@@H](C)C(=O)O. The predicted octanol–water partition coefficient (Wildman–Crippen LogP) is 2.38. The minimum atomic E-state index is -1.11. The number of rotatable bonds is 8. The van der Waals surface area contributed by atoms with Crippen LogP contribution in [0.5, 0.6) is 11.5 Å². The van der Waals surface area contributed by atoms with E-state index < -0.39 is 12.1 Å². The highest BCUT2D eigenvalue weighted by Crippen LogP contribution is 2.31. The smallest absolute Gasteiger partial charge is 0.344 e. The summed E-state index contributed by atoms with van der Waals surface area (Å²) in [5.41, 5.74) is 4.28. The molecule has 8 nitrogen and oxygen atoms in total. The van der Waals surface area contributed by atoms with Gasteiger partial charge in [0.2, 0.25) is 0 Å². The van der Waals surface area contributed by atoms with Crippen molar-refractivity contribution in [3.8, 4) is 11.5 Å². The lowest BCUT2D eigenvalue weighted by atomic mass is 10.2. The summed E-state index contributed by atoms with van der Waals surface area (Å²) in [5.74, 6) is -0.887. The van der Waals surface area contributed by atoms with E-state index in [-0.39, 0.29) is 11.7 Å². The number of ether oxygens (including phenoxy) is 2. The van der Waals surface area contributed by atoms with Gasteiger partial charge in [-0.25, -0.2) is 10.2 Å². The van der Waals surface area contributed by atoms with Gasteiger partial charge in [0.1, 0.15) is 0 Å².